The molecule has 0 saturated carbocycles. The molecule has 1 atom stereocenters. The third-order valence-electron chi connectivity index (χ3n) is 3.67. The van der Waals surface area contributed by atoms with E-state index in [4.69, 9.17) is 5.73 Å². The van der Waals surface area contributed by atoms with E-state index in [1.807, 2.05) is 19.0 Å². The number of alkyl halides is 3. The third kappa shape index (κ3) is 3.79. The van der Waals surface area contributed by atoms with Crippen LogP contribution in [0.5, 0.6) is 5.75 Å². The van der Waals surface area contributed by atoms with Crippen LogP contribution in [0.25, 0.3) is 0 Å². The van der Waals surface area contributed by atoms with Crippen LogP contribution in [0.1, 0.15) is 18.5 Å². The normalized spacial score (nSPS) is 17.8. The number of likely N-dealkylation sites (N-methyl/N-ethyl adjacent to an activating group) is 1. The lowest BCUT2D eigenvalue weighted by molar-refractivity contribution is -0.274. The second-order valence-corrected chi connectivity index (χ2v) is 5.58. The van der Waals surface area contributed by atoms with Gasteiger partial charge in [0.05, 0.1) is 0 Å². The van der Waals surface area contributed by atoms with E-state index in [0.717, 1.165) is 18.8 Å². The average molecular weight is 303 g/mol. The summed E-state index contributed by atoms with van der Waals surface area (Å²) in [5.74, 6) is -0.219. The molecule has 1 aromatic carbocycles. The lowest BCUT2D eigenvalue weighted by atomic mass is 10.0. The molecule has 0 unspecified atom stereocenters. The first kappa shape index (κ1) is 15.9. The lowest BCUT2D eigenvalue weighted by Crippen LogP contribution is -2.57. The number of ether oxygens (including phenoxy) is 1. The van der Waals surface area contributed by atoms with Gasteiger partial charge >= 0.3 is 6.36 Å². The Hall–Kier alpha value is -1.47. The maximum atomic E-state index is 12.5. The molecule has 0 bridgehead atoms. The Morgan fingerprint density at radius 2 is 1.95 bits per heavy atom. The monoisotopic (exact) mass is 303 g/mol. The molecule has 1 aliphatic heterocycles. The van der Waals surface area contributed by atoms with Crippen LogP contribution in [0.3, 0.4) is 0 Å². The van der Waals surface area contributed by atoms with Crippen molar-refractivity contribution in [2.24, 2.45) is 5.73 Å². The number of nitrogens with two attached hydrogens (primary N) is 1. The molecular formula is C14H20F3N3O. The van der Waals surface area contributed by atoms with Gasteiger partial charge < -0.3 is 20.3 Å². The van der Waals surface area contributed by atoms with E-state index in [0.29, 0.717) is 11.6 Å². The van der Waals surface area contributed by atoms with Crippen molar-refractivity contribution < 1.29 is 17.9 Å². The number of nitrogens with zero attached hydrogens (tertiary/aromatic N) is 2. The highest BCUT2D eigenvalue weighted by Crippen LogP contribution is 2.34. The predicted molar refractivity (Wildman–Crippen MR) is 75.4 cm³/mol. The van der Waals surface area contributed by atoms with E-state index in [-0.39, 0.29) is 5.75 Å². The van der Waals surface area contributed by atoms with Gasteiger partial charge in [0.1, 0.15) is 5.75 Å². The minimum Gasteiger partial charge on any atom is -0.405 e. The summed E-state index contributed by atoms with van der Waals surface area (Å²) in [6, 6.07) is 4.70. The Kier molecular flexibility index (Phi) is 4.34. The fraction of sp³-hybridized carbons (Fsp3) is 0.571. The van der Waals surface area contributed by atoms with E-state index in [9.17, 15) is 13.2 Å². The zero-order chi connectivity index (χ0) is 15.8. The van der Waals surface area contributed by atoms with Crippen LogP contribution in [0.2, 0.25) is 0 Å². The number of hydrogen-bond acceptors (Lipinski definition) is 4. The van der Waals surface area contributed by atoms with Gasteiger partial charge in [-0.1, -0.05) is 6.07 Å². The molecule has 1 aromatic rings. The van der Waals surface area contributed by atoms with Crippen LogP contribution in [0.4, 0.5) is 18.9 Å². The van der Waals surface area contributed by atoms with E-state index >= 15 is 0 Å². The summed E-state index contributed by atoms with van der Waals surface area (Å²) in [4.78, 5) is 4.11. The Balaban J connectivity index is 2.20. The summed E-state index contributed by atoms with van der Waals surface area (Å²) in [5.41, 5.74) is 6.77. The van der Waals surface area contributed by atoms with Crippen LogP contribution in [-0.2, 0) is 0 Å². The van der Waals surface area contributed by atoms with E-state index < -0.39 is 12.4 Å². The number of rotatable bonds is 4. The zero-order valence-electron chi connectivity index (χ0n) is 12.3. The van der Waals surface area contributed by atoms with E-state index in [2.05, 4.69) is 9.64 Å². The predicted octanol–water partition coefficient (Wildman–Crippen LogP) is 2.36. The topological polar surface area (TPSA) is 41.7 Å². The van der Waals surface area contributed by atoms with Crippen molar-refractivity contribution >= 4 is 5.69 Å². The van der Waals surface area contributed by atoms with Crippen molar-refractivity contribution in [1.82, 2.24) is 4.90 Å². The number of halogens is 3. The molecule has 0 aromatic heterocycles. The molecule has 1 aliphatic rings. The highest BCUT2D eigenvalue weighted by Gasteiger charge is 2.34. The quantitative estimate of drug-likeness (QED) is 0.927. The zero-order valence-corrected chi connectivity index (χ0v) is 12.3. The van der Waals surface area contributed by atoms with Gasteiger partial charge in [0.25, 0.3) is 0 Å². The van der Waals surface area contributed by atoms with E-state index in [1.165, 1.54) is 6.07 Å². The van der Waals surface area contributed by atoms with Gasteiger partial charge in [0.2, 0.25) is 0 Å². The largest absolute Gasteiger partial charge is 0.573 e. The number of hydrogen-bond donors (Lipinski definition) is 1. The average Bonchev–Trinajstić information content (AvgIpc) is 2.23. The number of benzene rings is 1. The molecule has 1 heterocycles. The Bertz CT molecular complexity index is 497. The van der Waals surface area contributed by atoms with Crippen molar-refractivity contribution in [2.45, 2.75) is 25.4 Å². The van der Waals surface area contributed by atoms with Crippen LogP contribution in [0.15, 0.2) is 18.2 Å². The highest BCUT2D eigenvalue weighted by molar-refractivity contribution is 5.56. The Morgan fingerprint density at radius 3 is 2.43 bits per heavy atom. The van der Waals surface area contributed by atoms with Gasteiger partial charge in [-0.15, -0.1) is 13.2 Å². The molecule has 0 aliphatic carbocycles. The van der Waals surface area contributed by atoms with Gasteiger partial charge in [0, 0.05) is 42.5 Å². The molecule has 2 rings (SSSR count). The fourth-order valence-corrected chi connectivity index (χ4v) is 2.30. The smallest absolute Gasteiger partial charge is 0.405 e. The molecule has 0 spiro atoms. The van der Waals surface area contributed by atoms with Crippen molar-refractivity contribution in [3.8, 4) is 5.75 Å². The first-order chi connectivity index (χ1) is 9.67. The molecule has 0 radical (unpaired) electrons. The Labute approximate surface area is 122 Å². The SMILES string of the molecule is C[C@H](N)c1ccc(N2CC(N(C)C)C2)cc1OC(F)(F)F. The van der Waals surface area contributed by atoms with Crippen molar-refractivity contribution in [3.63, 3.8) is 0 Å². The fourth-order valence-electron chi connectivity index (χ4n) is 2.30. The summed E-state index contributed by atoms with van der Waals surface area (Å²) >= 11 is 0. The van der Waals surface area contributed by atoms with E-state index in [1.54, 1.807) is 19.1 Å². The van der Waals surface area contributed by atoms with Crippen LogP contribution < -0.4 is 15.4 Å². The Morgan fingerprint density at radius 1 is 1.33 bits per heavy atom. The third-order valence-corrected chi connectivity index (χ3v) is 3.67. The summed E-state index contributed by atoms with van der Waals surface area (Å²) in [6.45, 7) is 3.20. The van der Waals surface area contributed by atoms with Crippen molar-refractivity contribution in [2.75, 3.05) is 32.1 Å². The summed E-state index contributed by atoms with van der Waals surface area (Å²) in [7, 11) is 3.97. The molecule has 1 saturated heterocycles. The molecular weight excluding hydrogens is 283 g/mol. The molecule has 21 heavy (non-hydrogen) atoms. The maximum absolute atomic E-state index is 12.5. The standard InChI is InChI=1S/C14H20F3N3O/c1-9(18)12-5-4-10(6-13(12)21-14(15,16)17)20-7-11(8-20)19(2)3/h4-6,9,11H,7-8,18H2,1-3H3/t9-/m0/s1. The minimum absolute atomic E-state index is 0.219. The van der Waals surface area contributed by atoms with Crippen LogP contribution in [-0.4, -0.2) is 44.5 Å². The van der Waals surface area contributed by atoms with Gasteiger partial charge in [-0.25, -0.2) is 0 Å². The highest BCUT2D eigenvalue weighted by atomic mass is 19.4. The first-order valence-corrected chi connectivity index (χ1v) is 6.74. The number of anilines is 1. The minimum atomic E-state index is -4.72. The van der Waals surface area contributed by atoms with Crippen molar-refractivity contribution in [3.05, 3.63) is 23.8 Å². The molecule has 7 heteroatoms. The second kappa shape index (κ2) is 5.73. The van der Waals surface area contributed by atoms with Crippen LogP contribution >= 0.6 is 0 Å². The van der Waals surface area contributed by atoms with Gasteiger partial charge in [-0.2, -0.15) is 0 Å². The molecule has 1 fully saturated rings. The lowest BCUT2D eigenvalue weighted by Gasteiger charge is -2.44. The first-order valence-electron chi connectivity index (χ1n) is 6.74. The molecule has 118 valence electrons. The maximum Gasteiger partial charge on any atom is 0.573 e. The summed E-state index contributed by atoms with van der Waals surface area (Å²) < 4.78 is 41.6. The summed E-state index contributed by atoms with van der Waals surface area (Å²) in [5, 5.41) is 0. The van der Waals surface area contributed by atoms with Gasteiger partial charge in [-0.3, -0.25) is 0 Å². The second-order valence-electron chi connectivity index (χ2n) is 5.58. The molecule has 0 amide bonds. The van der Waals surface area contributed by atoms with Gasteiger partial charge in [-0.05, 0) is 27.1 Å². The molecule has 2 N–H and O–H groups in total. The van der Waals surface area contributed by atoms with Gasteiger partial charge in [0.15, 0.2) is 0 Å². The summed E-state index contributed by atoms with van der Waals surface area (Å²) in [6.07, 6.45) is -4.72. The van der Waals surface area contributed by atoms with Crippen molar-refractivity contribution in [1.29, 1.82) is 0 Å². The molecule has 4 nitrogen and oxygen atoms in total. The van der Waals surface area contributed by atoms with Crippen LogP contribution in [0, 0.1) is 0 Å².